The van der Waals surface area contributed by atoms with Crippen LogP contribution in [0.25, 0.3) is 5.57 Å². The SMILES string of the molecule is CCOC(=O)C1=C(c2ccccc2)c2c(OC)cccc2C1=O. The van der Waals surface area contributed by atoms with Crippen molar-refractivity contribution in [1.29, 1.82) is 0 Å². The molecule has 0 spiro atoms. The highest BCUT2D eigenvalue weighted by molar-refractivity contribution is 6.35. The van der Waals surface area contributed by atoms with E-state index in [1.54, 1.807) is 32.2 Å². The Kier molecular flexibility index (Phi) is 3.98. The minimum atomic E-state index is -0.602. The van der Waals surface area contributed by atoms with Gasteiger partial charge in [-0.25, -0.2) is 4.79 Å². The van der Waals surface area contributed by atoms with E-state index < -0.39 is 5.97 Å². The van der Waals surface area contributed by atoms with Crippen LogP contribution in [-0.4, -0.2) is 25.5 Å². The van der Waals surface area contributed by atoms with Crippen LogP contribution in [-0.2, 0) is 9.53 Å². The van der Waals surface area contributed by atoms with Crippen LogP contribution in [0.2, 0.25) is 0 Å². The highest BCUT2D eigenvalue weighted by atomic mass is 16.5. The van der Waals surface area contributed by atoms with Crippen LogP contribution in [0.15, 0.2) is 54.1 Å². The van der Waals surface area contributed by atoms with Crippen LogP contribution >= 0.6 is 0 Å². The maximum Gasteiger partial charge on any atom is 0.342 e. The lowest BCUT2D eigenvalue weighted by molar-refractivity contribution is -0.137. The molecule has 3 rings (SSSR count). The summed E-state index contributed by atoms with van der Waals surface area (Å²) in [5, 5.41) is 0. The first-order chi connectivity index (χ1) is 11.2. The van der Waals surface area contributed by atoms with Gasteiger partial charge in [-0.05, 0) is 18.6 Å². The second-order valence-electron chi connectivity index (χ2n) is 5.05. The van der Waals surface area contributed by atoms with Gasteiger partial charge < -0.3 is 9.47 Å². The van der Waals surface area contributed by atoms with Crippen molar-refractivity contribution in [3.8, 4) is 5.75 Å². The number of Topliss-reactive ketones (excluding diaryl/α,β-unsaturated/α-hetero) is 1. The molecular weight excluding hydrogens is 292 g/mol. The zero-order valence-corrected chi connectivity index (χ0v) is 13.0. The fraction of sp³-hybridized carbons (Fsp3) is 0.158. The molecule has 0 saturated carbocycles. The number of benzene rings is 2. The monoisotopic (exact) mass is 308 g/mol. The number of rotatable bonds is 4. The molecule has 1 aliphatic carbocycles. The van der Waals surface area contributed by atoms with E-state index in [1.165, 1.54) is 0 Å². The Morgan fingerprint density at radius 1 is 1.04 bits per heavy atom. The smallest absolute Gasteiger partial charge is 0.342 e. The molecule has 0 N–H and O–H groups in total. The first kappa shape index (κ1) is 15.0. The van der Waals surface area contributed by atoms with Gasteiger partial charge in [-0.15, -0.1) is 0 Å². The molecule has 0 amide bonds. The maximum atomic E-state index is 12.8. The van der Waals surface area contributed by atoms with Gasteiger partial charge in [0, 0.05) is 16.7 Å². The predicted octanol–water partition coefficient (Wildman–Crippen LogP) is 3.26. The predicted molar refractivity (Wildman–Crippen MR) is 86.4 cm³/mol. The molecule has 2 aromatic carbocycles. The standard InChI is InChI=1S/C19H16O4/c1-3-23-19(21)17-15(12-8-5-4-6-9-12)16-13(18(17)20)10-7-11-14(16)22-2/h4-11H,3H2,1-2H3. The average Bonchev–Trinajstić information content (AvgIpc) is 2.89. The van der Waals surface area contributed by atoms with Gasteiger partial charge in [0.15, 0.2) is 0 Å². The summed E-state index contributed by atoms with van der Waals surface area (Å²) in [6.45, 7) is 1.93. The number of fused-ring (bicyclic) bond motifs is 1. The van der Waals surface area contributed by atoms with Gasteiger partial charge in [-0.1, -0.05) is 42.5 Å². The molecule has 0 unspecified atom stereocenters. The summed E-state index contributed by atoms with van der Waals surface area (Å²) in [7, 11) is 1.55. The molecule has 116 valence electrons. The summed E-state index contributed by atoms with van der Waals surface area (Å²) in [5.74, 6) is -0.361. The first-order valence-corrected chi connectivity index (χ1v) is 7.38. The Labute approximate surface area is 134 Å². The van der Waals surface area contributed by atoms with Crippen molar-refractivity contribution in [3.05, 3.63) is 70.8 Å². The zero-order valence-electron chi connectivity index (χ0n) is 13.0. The molecule has 0 atom stereocenters. The molecule has 23 heavy (non-hydrogen) atoms. The number of carbonyl (C=O) groups excluding carboxylic acids is 2. The lowest BCUT2D eigenvalue weighted by Gasteiger charge is -2.11. The van der Waals surface area contributed by atoms with E-state index in [9.17, 15) is 9.59 Å². The topological polar surface area (TPSA) is 52.6 Å². The highest BCUT2D eigenvalue weighted by Gasteiger charge is 2.37. The molecular formula is C19H16O4. The second kappa shape index (κ2) is 6.08. The van der Waals surface area contributed by atoms with Crippen LogP contribution < -0.4 is 4.74 Å². The van der Waals surface area contributed by atoms with Gasteiger partial charge in [0.25, 0.3) is 0 Å². The van der Waals surface area contributed by atoms with Crippen LogP contribution in [0.1, 0.15) is 28.4 Å². The number of ketones is 1. The van der Waals surface area contributed by atoms with E-state index in [0.717, 1.165) is 5.56 Å². The minimum absolute atomic E-state index is 0.0672. The molecule has 0 heterocycles. The van der Waals surface area contributed by atoms with Crippen molar-refractivity contribution < 1.29 is 19.1 Å². The van der Waals surface area contributed by atoms with E-state index in [0.29, 0.717) is 22.4 Å². The lowest BCUT2D eigenvalue weighted by Crippen LogP contribution is -2.14. The molecule has 0 radical (unpaired) electrons. The third-order valence-electron chi connectivity index (χ3n) is 3.76. The summed E-state index contributed by atoms with van der Waals surface area (Å²) in [4.78, 5) is 25.1. The molecule has 4 heteroatoms. The second-order valence-corrected chi connectivity index (χ2v) is 5.05. The van der Waals surface area contributed by atoms with Crippen molar-refractivity contribution in [2.45, 2.75) is 6.92 Å². The van der Waals surface area contributed by atoms with Crippen molar-refractivity contribution in [2.75, 3.05) is 13.7 Å². The summed E-state index contributed by atoms with van der Waals surface area (Å²) < 4.78 is 10.5. The first-order valence-electron chi connectivity index (χ1n) is 7.38. The minimum Gasteiger partial charge on any atom is -0.496 e. The van der Waals surface area contributed by atoms with Crippen LogP contribution in [0.5, 0.6) is 5.75 Å². The number of carbonyl (C=O) groups is 2. The fourth-order valence-corrected chi connectivity index (χ4v) is 2.81. The average molecular weight is 308 g/mol. The fourth-order valence-electron chi connectivity index (χ4n) is 2.81. The summed E-state index contributed by atoms with van der Waals surface area (Å²) >= 11 is 0. The van der Waals surface area contributed by atoms with Crippen LogP contribution in [0.4, 0.5) is 0 Å². The summed E-state index contributed by atoms with van der Waals surface area (Å²) in [5.41, 5.74) is 2.53. The van der Waals surface area contributed by atoms with Gasteiger partial charge in [-0.3, -0.25) is 4.79 Å². The van der Waals surface area contributed by atoms with E-state index in [4.69, 9.17) is 9.47 Å². The van der Waals surface area contributed by atoms with Gasteiger partial charge in [-0.2, -0.15) is 0 Å². The molecule has 1 aliphatic rings. The number of hydrogen-bond donors (Lipinski definition) is 0. The van der Waals surface area contributed by atoms with Crippen molar-refractivity contribution in [1.82, 2.24) is 0 Å². The molecule has 0 aliphatic heterocycles. The number of ether oxygens (including phenoxy) is 2. The number of methoxy groups -OCH3 is 1. The number of esters is 1. The highest BCUT2D eigenvalue weighted by Crippen LogP contribution is 2.42. The molecule has 2 aromatic rings. The number of hydrogen-bond acceptors (Lipinski definition) is 4. The summed E-state index contributed by atoms with van der Waals surface area (Å²) in [6, 6.07) is 14.6. The maximum absolute atomic E-state index is 12.8. The van der Waals surface area contributed by atoms with Gasteiger partial charge >= 0.3 is 5.97 Å². The van der Waals surface area contributed by atoms with Crippen LogP contribution in [0, 0.1) is 0 Å². The molecule has 4 nitrogen and oxygen atoms in total. The molecule has 0 bridgehead atoms. The largest absolute Gasteiger partial charge is 0.496 e. The molecule has 0 saturated heterocycles. The molecule has 0 aromatic heterocycles. The van der Waals surface area contributed by atoms with Gasteiger partial charge in [0.1, 0.15) is 11.3 Å². The molecule has 0 fully saturated rings. The van der Waals surface area contributed by atoms with Crippen molar-refractivity contribution in [2.24, 2.45) is 0 Å². The Balaban J connectivity index is 2.31. The van der Waals surface area contributed by atoms with Crippen molar-refractivity contribution >= 4 is 17.3 Å². The Morgan fingerprint density at radius 2 is 1.78 bits per heavy atom. The van der Waals surface area contributed by atoms with Gasteiger partial charge in [0.2, 0.25) is 5.78 Å². The van der Waals surface area contributed by atoms with E-state index in [2.05, 4.69) is 0 Å². The lowest BCUT2D eigenvalue weighted by atomic mass is 9.97. The third kappa shape index (κ3) is 2.42. The Bertz CT molecular complexity index is 803. The Hall–Kier alpha value is -2.88. The van der Waals surface area contributed by atoms with E-state index in [-0.39, 0.29) is 18.0 Å². The van der Waals surface area contributed by atoms with Crippen molar-refractivity contribution in [3.63, 3.8) is 0 Å². The normalized spacial score (nSPS) is 13.0. The third-order valence-corrected chi connectivity index (χ3v) is 3.76. The zero-order chi connectivity index (χ0) is 16.4. The van der Waals surface area contributed by atoms with Gasteiger partial charge in [0.05, 0.1) is 13.7 Å². The van der Waals surface area contributed by atoms with Crippen LogP contribution in [0.3, 0.4) is 0 Å². The van der Waals surface area contributed by atoms with E-state index >= 15 is 0 Å². The van der Waals surface area contributed by atoms with E-state index in [1.807, 2.05) is 30.3 Å². The quantitative estimate of drug-likeness (QED) is 0.642. The Morgan fingerprint density at radius 3 is 2.43 bits per heavy atom. The summed E-state index contributed by atoms with van der Waals surface area (Å²) in [6.07, 6.45) is 0.